The first-order chi connectivity index (χ1) is 17.9. The predicted molar refractivity (Wildman–Crippen MR) is 150 cm³/mol. The molecular formula is C33H54O5. The monoisotopic (exact) mass is 530 g/mol. The SMILES string of the molecule is CCC(O)(CC)CCC[C@@H](C)[C@H]1CC[C@H]2[C@@H]3CCC4CC(OC(C)=O)=C[C@H](OC(C)=O)[C@]4(C)[C@H]3CC[C@]12C. The number of carbonyl (C=O) groups excluding carboxylic acids is 2. The lowest BCUT2D eigenvalue weighted by molar-refractivity contribution is -0.176. The highest BCUT2D eigenvalue weighted by Gasteiger charge is 2.63. The summed E-state index contributed by atoms with van der Waals surface area (Å²) < 4.78 is 11.5. The molecule has 0 heterocycles. The second-order valence-corrected chi connectivity index (χ2v) is 14.0. The molecule has 38 heavy (non-hydrogen) atoms. The van der Waals surface area contributed by atoms with E-state index in [9.17, 15) is 14.7 Å². The zero-order valence-corrected chi connectivity index (χ0v) is 25.2. The Morgan fingerprint density at radius 1 is 1.05 bits per heavy atom. The summed E-state index contributed by atoms with van der Waals surface area (Å²) in [7, 11) is 0. The average molecular weight is 531 g/mol. The number of hydrogen-bond acceptors (Lipinski definition) is 5. The van der Waals surface area contributed by atoms with Crippen molar-refractivity contribution in [3.8, 4) is 0 Å². The van der Waals surface area contributed by atoms with E-state index in [1.54, 1.807) is 0 Å². The number of aliphatic hydroxyl groups is 1. The maximum Gasteiger partial charge on any atom is 0.307 e. The highest BCUT2D eigenvalue weighted by Crippen LogP contribution is 2.68. The number of hydrogen-bond donors (Lipinski definition) is 1. The van der Waals surface area contributed by atoms with Gasteiger partial charge < -0.3 is 14.6 Å². The minimum absolute atomic E-state index is 0.117. The highest BCUT2D eigenvalue weighted by molar-refractivity contribution is 5.68. The van der Waals surface area contributed by atoms with Crippen LogP contribution in [0.1, 0.15) is 126 Å². The van der Waals surface area contributed by atoms with Crippen molar-refractivity contribution in [3.63, 3.8) is 0 Å². The molecule has 0 amide bonds. The molecule has 0 bridgehead atoms. The molecule has 5 heteroatoms. The summed E-state index contributed by atoms with van der Waals surface area (Å²) in [5.74, 6) is 3.84. The van der Waals surface area contributed by atoms with Crippen molar-refractivity contribution in [1.82, 2.24) is 0 Å². The number of esters is 2. The molecular weight excluding hydrogens is 476 g/mol. The normalized spacial score (nSPS) is 39.3. The number of rotatable bonds is 9. The number of ether oxygens (including phenoxy) is 2. The Hall–Kier alpha value is -1.36. The van der Waals surface area contributed by atoms with Crippen LogP contribution in [0.15, 0.2) is 11.8 Å². The van der Waals surface area contributed by atoms with E-state index < -0.39 is 5.60 Å². The van der Waals surface area contributed by atoms with Gasteiger partial charge in [-0.05, 0) is 105 Å². The van der Waals surface area contributed by atoms with Crippen LogP contribution in [0.4, 0.5) is 0 Å². The molecule has 0 saturated heterocycles. The van der Waals surface area contributed by atoms with Crippen LogP contribution in [-0.2, 0) is 19.1 Å². The molecule has 0 radical (unpaired) electrons. The van der Waals surface area contributed by atoms with Crippen molar-refractivity contribution < 1.29 is 24.2 Å². The van der Waals surface area contributed by atoms with Crippen LogP contribution in [0.25, 0.3) is 0 Å². The summed E-state index contributed by atoms with van der Waals surface area (Å²) >= 11 is 0. The molecule has 0 aromatic carbocycles. The van der Waals surface area contributed by atoms with Gasteiger partial charge in [0.15, 0.2) is 0 Å². The van der Waals surface area contributed by atoms with Gasteiger partial charge in [-0.1, -0.05) is 47.5 Å². The molecule has 3 saturated carbocycles. The topological polar surface area (TPSA) is 72.8 Å². The molecule has 0 spiro atoms. The van der Waals surface area contributed by atoms with E-state index in [1.165, 1.54) is 52.4 Å². The minimum atomic E-state index is -0.490. The van der Waals surface area contributed by atoms with E-state index in [2.05, 4.69) is 34.6 Å². The van der Waals surface area contributed by atoms with Crippen LogP contribution in [0.5, 0.6) is 0 Å². The van der Waals surface area contributed by atoms with Gasteiger partial charge >= 0.3 is 11.9 Å². The van der Waals surface area contributed by atoms with Crippen LogP contribution in [0.3, 0.4) is 0 Å². The van der Waals surface area contributed by atoms with Gasteiger partial charge in [-0.3, -0.25) is 9.59 Å². The predicted octanol–water partition coefficient (Wildman–Crippen LogP) is 7.60. The second kappa shape index (κ2) is 11.3. The van der Waals surface area contributed by atoms with Crippen LogP contribution < -0.4 is 0 Å². The van der Waals surface area contributed by atoms with E-state index in [1.807, 2.05) is 6.08 Å². The van der Waals surface area contributed by atoms with Crippen molar-refractivity contribution >= 4 is 11.9 Å². The first-order valence-electron chi connectivity index (χ1n) is 15.7. The maximum atomic E-state index is 12.2. The summed E-state index contributed by atoms with van der Waals surface area (Å²) in [5.41, 5.74) is -0.232. The fourth-order valence-electron chi connectivity index (χ4n) is 10.0. The molecule has 1 unspecified atom stereocenters. The lowest BCUT2D eigenvalue weighted by Gasteiger charge is -2.61. The molecule has 4 rings (SSSR count). The number of allylic oxidation sites excluding steroid dienone is 1. The van der Waals surface area contributed by atoms with Crippen molar-refractivity contribution in [1.29, 1.82) is 0 Å². The molecule has 4 aliphatic carbocycles. The zero-order chi connectivity index (χ0) is 27.9. The summed E-state index contributed by atoms with van der Waals surface area (Å²) in [6, 6.07) is 0. The van der Waals surface area contributed by atoms with E-state index in [0.717, 1.165) is 50.4 Å². The largest absolute Gasteiger partial charge is 0.458 e. The molecule has 4 aliphatic rings. The van der Waals surface area contributed by atoms with Crippen molar-refractivity contribution in [2.75, 3.05) is 0 Å². The summed E-state index contributed by atoms with van der Waals surface area (Å²) in [6.07, 6.45) is 14.7. The van der Waals surface area contributed by atoms with Crippen LogP contribution in [-0.4, -0.2) is 28.8 Å². The number of carbonyl (C=O) groups is 2. The van der Waals surface area contributed by atoms with E-state index in [4.69, 9.17) is 9.47 Å². The Balaban J connectivity index is 1.51. The highest BCUT2D eigenvalue weighted by atomic mass is 16.6. The molecule has 3 fully saturated rings. The average Bonchev–Trinajstić information content (AvgIpc) is 3.21. The van der Waals surface area contributed by atoms with Gasteiger partial charge in [-0.2, -0.15) is 0 Å². The van der Waals surface area contributed by atoms with E-state index in [-0.39, 0.29) is 23.5 Å². The van der Waals surface area contributed by atoms with Gasteiger partial charge in [-0.25, -0.2) is 0 Å². The standard InChI is InChI=1S/C33H54O5/c1-8-33(36,9-2)17-10-11-21(3)27-14-15-28-26-13-12-24-19-25(37-22(4)34)20-30(38-23(5)35)32(24,7)29(26)16-18-31(27,28)6/h20-21,24,26-30,36H,8-19H2,1-7H3/t21-,24?,26+,27-,28+,29+,30+,31-,32+/m1/s1. The van der Waals surface area contributed by atoms with E-state index in [0.29, 0.717) is 34.8 Å². The van der Waals surface area contributed by atoms with Crippen molar-refractivity contribution in [2.45, 2.75) is 137 Å². The van der Waals surface area contributed by atoms with Gasteiger partial charge in [-0.15, -0.1) is 0 Å². The maximum absolute atomic E-state index is 12.2. The first-order valence-corrected chi connectivity index (χ1v) is 15.7. The fourth-order valence-corrected chi connectivity index (χ4v) is 10.0. The van der Waals surface area contributed by atoms with Gasteiger partial charge in [0, 0.05) is 25.7 Å². The Morgan fingerprint density at radius 2 is 1.76 bits per heavy atom. The molecule has 0 aromatic rings. The lowest BCUT2D eigenvalue weighted by Crippen LogP contribution is -2.58. The first kappa shape index (κ1) is 29.6. The molecule has 0 aliphatic heterocycles. The third-order valence-corrected chi connectivity index (χ3v) is 12.3. The van der Waals surface area contributed by atoms with Crippen molar-refractivity contribution in [3.05, 3.63) is 11.8 Å². The van der Waals surface area contributed by atoms with Gasteiger partial charge in [0.05, 0.1) is 5.60 Å². The van der Waals surface area contributed by atoms with Gasteiger partial charge in [0.25, 0.3) is 0 Å². The number of fused-ring (bicyclic) bond motifs is 5. The van der Waals surface area contributed by atoms with Gasteiger partial charge in [0.2, 0.25) is 0 Å². The minimum Gasteiger partial charge on any atom is -0.458 e. The molecule has 216 valence electrons. The molecule has 0 aromatic heterocycles. The summed E-state index contributed by atoms with van der Waals surface area (Å²) in [5, 5.41) is 10.8. The Bertz CT molecular complexity index is 905. The quantitative estimate of drug-likeness (QED) is 0.311. The Morgan fingerprint density at radius 3 is 2.39 bits per heavy atom. The zero-order valence-electron chi connectivity index (χ0n) is 25.2. The molecule has 1 N–H and O–H groups in total. The van der Waals surface area contributed by atoms with Crippen LogP contribution in [0.2, 0.25) is 0 Å². The van der Waals surface area contributed by atoms with Gasteiger partial charge in [0.1, 0.15) is 11.9 Å². The Labute approximate surface area is 231 Å². The third-order valence-electron chi connectivity index (χ3n) is 12.3. The lowest BCUT2D eigenvalue weighted by atomic mass is 9.44. The summed E-state index contributed by atoms with van der Waals surface area (Å²) in [6.45, 7) is 14.6. The smallest absolute Gasteiger partial charge is 0.307 e. The second-order valence-electron chi connectivity index (χ2n) is 14.0. The summed E-state index contributed by atoms with van der Waals surface area (Å²) in [4.78, 5) is 23.9. The molecule has 9 atom stereocenters. The van der Waals surface area contributed by atoms with Crippen LogP contribution in [0, 0.1) is 46.3 Å². The van der Waals surface area contributed by atoms with E-state index >= 15 is 0 Å². The van der Waals surface area contributed by atoms with Crippen molar-refractivity contribution in [2.24, 2.45) is 46.3 Å². The molecule has 5 nitrogen and oxygen atoms in total. The van der Waals surface area contributed by atoms with Crippen LogP contribution >= 0.6 is 0 Å². The Kier molecular flexibility index (Phi) is 8.77. The third kappa shape index (κ3) is 5.34. The fraction of sp³-hybridized carbons (Fsp3) is 0.879.